The van der Waals surface area contributed by atoms with E-state index < -0.39 is 0 Å². The van der Waals surface area contributed by atoms with E-state index in [-0.39, 0.29) is 11.7 Å². The van der Waals surface area contributed by atoms with E-state index in [1.165, 1.54) is 0 Å². The van der Waals surface area contributed by atoms with Crippen LogP contribution in [0.5, 0.6) is 0 Å². The van der Waals surface area contributed by atoms with Gasteiger partial charge < -0.3 is 9.72 Å². The van der Waals surface area contributed by atoms with Crippen LogP contribution in [-0.2, 0) is 4.74 Å². The van der Waals surface area contributed by atoms with Crippen molar-refractivity contribution in [2.75, 3.05) is 7.11 Å². The third kappa shape index (κ3) is 3.16. The van der Waals surface area contributed by atoms with Crippen molar-refractivity contribution in [3.63, 3.8) is 0 Å². The lowest BCUT2D eigenvalue weighted by atomic mass is 10.1. The second-order valence-electron chi connectivity index (χ2n) is 4.49. The summed E-state index contributed by atoms with van der Waals surface area (Å²) in [5.74, 6) is 0.571. The van der Waals surface area contributed by atoms with Crippen LogP contribution in [0, 0.1) is 0 Å². The quantitative estimate of drug-likeness (QED) is 0.905. The number of nitrogens with zero attached hydrogens (tertiary/aromatic N) is 1. The number of H-pyrrole nitrogens is 1. The van der Waals surface area contributed by atoms with Gasteiger partial charge in [-0.3, -0.25) is 4.79 Å². The molecule has 0 radical (unpaired) electrons. The third-order valence-corrected chi connectivity index (χ3v) is 3.80. The van der Waals surface area contributed by atoms with E-state index in [1.54, 1.807) is 7.11 Å². The highest BCUT2D eigenvalue weighted by molar-refractivity contribution is 9.10. The second-order valence-corrected chi connectivity index (χ2v) is 5.29. The fourth-order valence-electron chi connectivity index (χ4n) is 2.04. The van der Waals surface area contributed by atoms with Crippen LogP contribution >= 0.6 is 15.9 Å². The summed E-state index contributed by atoms with van der Waals surface area (Å²) >= 11 is 3.31. The van der Waals surface area contributed by atoms with Gasteiger partial charge in [-0.25, -0.2) is 4.98 Å². The maximum absolute atomic E-state index is 12.1. The summed E-state index contributed by atoms with van der Waals surface area (Å²) in [6.07, 6.45) is 1.58. The number of hydrogen-bond donors (Lipinski definition) is 1. The smallest absolute Gasteiger partial charge is 0.265 e. The van der Waals surface area contributed by atoms with Crippen molar-refractivity contribution in [3.05, 3.63) is 51.0 Å². The molecule has 0 aliphatic heterocycles. The highest BCUT2D eigenvalue weighted by Crippen LogP contribution is 2.26. The van der Waals surface area contributed by atoms with Crippen molar-refractivity contribution in [2.45, 2.75) is 25.9 Å². The third-order valence-electron chi connectivity index (χ3n) is 3.07. The van der Waals surface area contributed by atoms with E-state index in [4.69, 9.17) is 4.74 Å². The van der Waals surface area contributed by atoms with Crippen LogP contribution in [0.2, 0.25) is 0 Å². The predicted octanol–water partition coefficient (Wildman–Crippen LogP) is 3.69. The lowest BCUT2D eigenvalue weighted by molar-refractivity contribution is 0.0874. The molecule has 1 N–H and O–H groups in total. The SMILES string of the molecule is CCCC(OC)c1nc(-c2ccccc2)c(Br)c(=O)[nH]1. The molecule has 4 nitrogen and oxygen atoms in total. The average Bonchev–Trinajstić information content (AvgIpc) is 2.48. The van der Waals surface area contributed by atoms with Crippen LogP contribution in [0.3, 0.4) is 0 Å². The molecule has 0 aliphatic rings. The zero-order valence-electron chi connectivity index (χ0n) is 11.5. The maximum Gasteiger partial charge on any atom is 0.265 e. The first-order valence-electron chi connectivity index (χ1n) is 6.55. The van der Waals surface area contributed by atoms with Gasteiger partial charge in [-0.1, -0.05) is 43.7 Å². The highest BCUT2D eigenvalue weighted by Gasteiger charge is 2.17. The van der Waals surface area contributed by atoms with E-state index in [0.717, 1.165) is 18.4 Å². The van der Waals surface area contributed by atoms with Crippen LogP contribution in [0.4, 0.5) is 0 Å². The van der Waals surface area contributed by atoms with Gasteiger partial charge in [-0.05, 0) is 22.4 Å². The summed E-state index contributed by atoms with van der Waals surface area (Å²) in [4.78, 5) is 19.4. The Bertz CT molecular complexity index is 626. The van der Waals surface area contributed by atoms with Crippen molar-refractivity contribution in [2.24, 2.45) is 0 Å². The average molecular weight is 337 g/mol. The number of hydrogen-bond acceptors (Lipinski definition) is 3. The van der Waals surface area contributed by atoms with E-state index in [9.17, 15) is 4.79 Å². The first-order valence-corrected chi connectivity index (χ1v) is 7.34. The minimum absolute atomic E-state index is 0.188. The number of aromatic amines is 1. The largest absolute Gasteiger partial charge is 0.374 e. The fraction of sp³-hybridized carbons (Fsp3) is 0.333. The highest BCUT2D eigenvalue weighted by atomic mass is 79.9. The Morgan fingerprint density at radius 2 is 2.05 bits per heavy atom. The molecule has 0 amide bonds. The summed E-state index contributed by atoms with van der Waals surface area (Å²) in [5.41, 5.74) is 1.35. The summed E-state index contributed by atoms with van der Waals surface area (Å²) in [6, 6.07) is 9.63. The van der Waals surface area contributed by atoms with Crippen LogP contribution in [-0.4, -0.2) is 17.1 Å². The minimum atomic E-state index is -0.191. The van der Waals surface area contributed by atoms with Gasteiger partial charge in [0.2, 0.25) is 0 Å². The van der Waals surface area contributed by atoms with E-state index in [1.807, 2.05) is 30.3 Å². The van der Waals surface area contributed by atoms with Crippen LogP contribution in [0.15, 0.2) is 39.6 Å². The Balaban J connectivity index is 2.53. The number of halogens is 1. The number of benzene rings is 1. The fourth-order valence-corrected chi connectivity index (χ4v) is 2.46. The summed E-state index contributed by atoms with van der Waals surface area (Å²) < 4.78 is 5.86. The predicted molar refractivity (Wildman–Crippen MR) is 82.7 cm³/mol. The molecule has 5 heteroatoms. The number of methoxy groups -OCH3 is 1. The Hall–Kier alpha value is -1.46. The van der Waals surface area contributed by atoms with Crippen molar-refractivity contribution >= 4 is 15.9 Å². The normalized spacial score (nSPS) is 12.3. The van der Waals surface area contributed by atoms with Crippen molar-refractivity contribution in [3.8, 4) is 11.3 Å². The molecule has 1 aromatic heterocycles. The molecule has 1 unspecified atom stereocenters. The molecule has 0 fully saturated rings. The number of aromatic nitrogens is 2. The molecule has 0 saturated heterocycles. The van der Waals surface area contributed by atoms with Gasteiger partial charge in [0.25, 0.3) is 5.56 Å². The zero-order valence-corrected chi connectivity index (χ0v) is 13.1. The Kier molecular flexibility index (Phi) is 5.09. The molecule has 20 heavy (non-hydrogen) atoms. The molecular formula is C15H17BrN2O2. The Morgan fingerprint density at radius 3 is 2.65 bits per heavy atom. The zero-order chi connectivity index (χ0) is 14.5. The lowest BCUT2D eigenvalue weighted by Crippen LogP contribution is -2.17. The number of rotatable bonds is 5. The van der Waals surface area contributed by atoms with E-state index in [0.29, 0.717) is 16.0 Å². The first kappa shape index (κ1) is 14.9. The maximum atomic E-state index is 12.1. The molecule has 1 atom stereocenters. The van der Waals surface area contributed by atoms with Crippen LogP contribution < -0.4 is 5.56 Å². The second kappa shape index (κ2) is 6.81. The van der Waals surface area contributed by atoms with E-state index >= 15 is 0 Å². The molecule has 106 valence electrons. The standard InChI is InChI=1S/C15H17BrN2O2/c1-3-7-11(20-2)14-17-13(12(16)15(19)18-14)10-8-5-4-6-9-10/h4-6,8-9,11H,3,7H2,1-2H3,(H,17,18,19). The topological polar surface area (TPSA) is 55.0 Å². The Labute approximate surface area is 126 Å². The van der Waals surface area contributed by atoms with E-state index in [2.05, 4.69) is 32.8 Å². The van der Waals surface area contributed by atoms with Gasteiger partial charge in [-0.15, -0.1) is 0 Å². The minimum Gasteiger partial charge on any atom is -0.374 e. The summed E-state index contributed by atoms with van der Waals surface area (Å²) in [7, 11) is 1.63. The molecule has 0 saturated carbocycles. The van der Waals surface area contributed by atoms with Crippen molar-refractivity contribution in [1.82, 2.24) is 9.97 Å². The number of nitrogens with one attached hydrogen (secondary N) is 1. The van der Waals surface area contributed by atoms with Gasteiger partial charge >= 0.3 is 0 Å². The van der Waals surface area contributed by atoms with Gasteiger partial charge in [0.05, 0.1) is 5.69 Å². The van der Waals surface area contributed by atoms with Crippen LogP contribution in [0.25, 0.3) is 11.3 Å². The molecule has 0 bridgehead atoms. The molecule has 1 aromatic carbocycles. The van der Waals surface area contributed by atoms with Crippen molar-refractivity contribution < 1.29 is 4.74 Å². The van der Waals surface area contributed by atoms with Crippen molar-refractivity contribution in [1.29, 1.82) is 0 Å². The van der Waals surface area contributed by atoms with Gasteiger partial charge in [0.1, 0.15) is 16.4 Å². The van der Waals surface area contributed by atoms with Gasteiger partial charge in [0.15, 0.2) is 0 Å². The number of ether oxygens (including phenoxy) is 1. The monoisotopic (exact) mass is 336 g/mol. The first-order chi connectivity index (χ1) is 9.67. The summed E-state index contributed by atoms with van der Waals surface area (Å²) in [5, 5.41) is 0. The van der Waals surface area contributed by atoms with Gasteiger partial charge in [0, 0.05) is 12.7 Å². The molecular weight excluding hydrogens is 320 g/mol. The molecule has 2 aromatic rings. The molecule has 2 rings (SSSR count). The molecule has 0 aliphatic carbocycles. The molecule has 1 heterocycles. The Morgan fingerprint density at radius 1 is 1.35 bits per heavy atom. The molecule has 0 spiro atoms. The lowest BCUT2D eigenvalue weighted by Gasteiger charge is -2.15. The van der Waals surface area contributed by atoms with Crippen LogP contribution in [0.1, 0.15) is 31.7 Å². The summed E-state index contributed by atoms with van der Waals surface area (Å²) in [6.45, 7) is 2.07. The van der Waals surface area contributed by atoms with Gasteiger partial charge in [-0.2, -0.15) is 0 Å².